The topological polar surface area (TPSA) is 29.1 Å². The van der Waals surface area contributed by atoms with E-state index in [0.29, 0.717) is 0 Å². The lowest BCUT2D eigenvalue weighted by Gasteiger charge is -2.13. The largest absolute Gasteiger partial charge is 0.324 e. The van der Waals surface area contributed by atoms with Gasteiger partial charge in [-0.3, -0.25) is 4.79 Å². The molecule has 2 aromatic rings. The van der Waals surface area contributed by atoms with Gasteiger partial charge in [-0.25, -0.2) is 0 Å². The Bertz CT molecular complexity index is 572. The van der Waals surface area contributed by atoms with E-state index in [1.54, 1.807) is 23.5 Å². The van der Waals surface area contributed by atoms with Gasteiger partial charge in [0.2, 0.25) is 5.91 Å². The van der Waals surface area contributed by atoms with Crippen LogP contribution in [0.25, 0.3) is 0 Å². The van der Waals surface area contributed by atoms with Gasteiger partial charge in [0.15, 0.2) is 0 Å². The van der Waals surface area contributed by atoms with E-state index in [-0.39, 0.29) is 11.2 Å². The number of nitrogens with one attached hydrogen (secondary N) is 1. The van der Waals surface area contributed by atoms with Gasteiger partial charge in [-0.15, -0.1) is 23.5 Å². The highest BCUT2D eigenvalue weighted by Crippen LogP contribution is 2.27. The fourth-order valence-corrected chi connectivity index (χ4v) is 3.18. The van der Waals surface area contributed by atoms with Crippen molar-refractivity contribution in [1.29, 1.82) is 0 Å². The van der Waals surface area contributed by atoms with Crippen molar-refractivity contribution in [2.24, 2.45) is 0 Å². The molecule has 0 saturated heterocycles. The third-order valence-electron chi connectivity index (χ3n) is 2.79. The van der Waals surface area contributed by atoms with Crippen LogP contribution in [-0.4, -0.2) is 17.4 Å². The van der Waals surface area contributed by atoms with Crippen molar-refractivity contribution in [1.82, 2.24) is 0 Å². The maximum Gasteiger partial charge on any atom is 0.237 e. The SMILES string of the molecule is CSc1ccccc1NC(=O)[C@@H](C)Sc1ccccc1. The highest BCUT2D eigenvalue weighted by Gasteiger charge is 2.15. The first-order chi connectivity index (χ1) is 9.70. The number of carbonyl (C=O) groups is 1. The summed E-state index contributed by atoms with van der Waals surface area (Å²) in [7, 11) is 0. The number of benzene rings is 2. The summed E-state index contributed by atoms with van der Waals surface area (Å²) in [5.74, 6) is 0.0281. The Morgan fingerprint density at radius 3 is 2.40 bits per heavy atom. The van der Waals surface area contributed by atoms with Crippen LogP contribution in [-0.2, 0) is 4.79 Å². The monoisotopic (exact) mass is 303 g/mol. The minimum absolute atomic E-state index is 0.0281. The zero-order valence-corrected chi connectivity index (χ0v) is 13.1. The van der Waals surface area contributed by atoms with E-state index in [1.807, 2.05) is 67.8 Å². The third-order valence-corrected chi connectivity index (χ3v) is 4.70. The molecule has 0 aliphatic carbocycles. The average Bonchev–Trinajstić information content (AvgIpc) is 2.48. The van der Waals surface area contributed by atoms with Gasteiger partial charge >= 0.3 is 0 Å². The molecule has 20 heavy (non-hydrogen) atoms. The lowest BCUT2D eigenvalue weighted by Crippen LogP contribution is -2.22. The molecule has 1 atom stereocenters. The van der Waals surface area contributed by atoms with Gasteiger partial charge in [0.05, 0.1) is 10.9 Å². The first-order valence-electron chi connectivity index (χ1n) is 6.36. The summed E-state index contributed by atoms with van der Waals surface area (Å²) in [5.41, 5.74) is 0.880. The van der Waals surface area contributed by atoms with E-state index in [2.05, 4.69) is 5.32 Å². The van der Waals surface area contributed by atoms with E-state index in [1.165, 1.54) is 0 Å². The molecular formula is C16H17NOS2. The molecule has 0 bridgehead atoms. The highest BCUT2D eigenvalue weighted by molar-refractivity contribution is 8.00. The molecule has 0 saturated carbocycles. The Hall–Kier alpha value is -1.39. The van der Waals surface area contributed by atoms with Crippen molar-refractivity contribution in [2.45, 2.75) is 22.0 Å². The van der Waals surface area contributed by atoms with Gasteiger partial charge in [0, 0.05) is 9.79 Å². The van der Waals surface area contributed by atoms with Crippen LogP contribution in [0.1, 0.15) is 6.92 Å². The molecule has 2 rings (SSSR count). The van der Waals surface area contributed by atoms with Gasteiger partial charge in [-0.1, -0.05) is 30.3 Å². The standard InChI is InChI=1S/C16H17NOS2/c1-12(20-13-8-4-3-5-9-13)16(18)17-14-10-6-7-11-15(14)19-2/h3-12H,1-2H3,(H,17,18)/t12-/m1/s1. The molecule has 0 radical (unpaired) electrons. The number of hydrogen-bond donors (Lipinski definition) is 1. The Morgan fingerprint density at radius 2 is 1.70 bits per heavy atom. The van der Waals surface area contributed by atoms with Crippen LogP contribution in [0.15, 0.2) is 64.4 Å². The molecule has 0 aromatic heterocycles. The van der Waals surface area contributed by atoms with E-state index in [4.69, 9.17) is 0 Å². The molecule has 0 fully saturated rings. The number of thioether (sulfide) groups is 2. The number of amides is 1. The number of para-hydroxylation sites is 1. The van der Waals surface area contributed by atoms with Gasteiger partial charge in [0.25, 0.3) is 0 Å². The molecule has 2 aromatic carbocycles. The summed E-state index contributed by atoms with van der Waals surface area (Å²) in [6.07, 6.45) is 2.01. The van der Waals surface area contributed by atoms with Crippen molar-refractivity contribution < 1.29 is 4.79 Å². The Kier molecular flexibility index (Phi) is 5.56. The third kappa shape index (κ3) is 4.05. The van der Waals surface area contributed by atoms with Crippen molar-refractivity contribution in [3.8, 4) is 0 Å². The first kappa shape index (κ1) is 15.0. The minimum atomic E-state index is -0.132. The lowest BCUT2D eigenvalue weighted by atomic mass is 10.3. The molecule has 0 aliphatic heterocycles. The van der Waals surface area contributed by atoms with Crippen LogP contribution in [0.3, 0.4) is 0 Å². The Labute approximate surface area is 128 Å². The zero-order valence-electron chi connectivity index (χ0n) is 11.5. The summed E-state index contributed by atoms with van der Waals surface area (Å²) in [4.78, 5) is 14.4. The van der Waals surface area contributed by atoms with Crippen molar-refractivity contribution in [3.05, 3.63) is 54.6 Å². The van der Waals surface area contributed by atoms with Crippen LogP contribution in [0.2, 0.25) is 0 Å². The van der Waals surface area contributed by atoms with Gasteiger partial charge in [-0.05, 0) is 37.4 Å². The maximum absolute atomic E-state index is 12.2. The van der Waals surface area contributed by atoms with Crippen molar-refractivity contribution >= 4 is 35.1 Å². The fourth-order valence-electron chi connectivity index (χ4n) is 1.74. The van der Waals surface area contributed by atoms with Crippen LogP contribution in [0.4, 0.5) is 5.69 Å². The van der Waals surface area contributed by atoms with Crippen LogP contribution < -0.4 is 5.32 Å². The molecule has 1 amide bonds. The predicted molar refractivity (Wildman–Crippen MR) is 88.6 cm³/mol. The maximum atomic E-state index is 12.2. The Balaban J connectivity index is 2.01. The number of carbonyl (C=O) groups excluding carboxylic acids is 1. The molecular weight excluding hydrogens is 286 g/mol. The normalized spacial score (nSPS) is 11.9. The quantitative estimate of drug-likeness (QED) is 0.823. The number of rotatable bonds is 5. The van der Waals surface area contributed by atoms with Gasteiger partial charge in [0.1, 0.15) is 0 Å². The lowest BCUT2D eigenvalue weighted by molar-refractivity contribution is -0.115. The van der Waals surface area contributed by atoms with Crippen molar-refractivity contribution in [2.75, 3.05) is 11.6 Å². The highest BCUT2D eigenvalue weighted by atomic mass is 32.2. The summed E-state index contributed by atoms with van der Waals surface area (Å²) < 4.78 is 0. The summed E-state index contributed by atoms with van der Waals surface area (Å²) in [6, 6.07) is 17.8. The van der Waals surface area contributed by atoms with Crippen LogP contribution in [0.5, 0.6) is 0 Å². The Morgan fingerprint density at radius 1 is 1.05 bits per heavy atom. The first-order valence-corrected chi connectivity index (χ1v) is 8.46. The molecule has 2 nitrogen and oxygen atoms in total. The minimum Gasteiger partial charge on any atom is -0.324 e. The average molecular weight is 303 g/mol. The van der Waals surface area contributed by atoms with E-state index in [9.17, 15) is 4.79 Å². The van der Waals surface area contributed by atoms with Crippen molar-refractivity contribution in [3.63, 3.8) is 0 Å². The molecule has 0 heterocycles. The molecule has 4 heteroatoms. The van der Waals surface area contributed by atoms with Crippen LogP contribution >= 0.6 is 23.5 Å². The second-order valence-electron chi connectivity index (χ2n) is 4.26. The van der Waals surface area contributed by atoms with Gasteiger partial charge in [-0.2, -0.15) is 0 Å². The van der Waals surface area contributed by atoms with E-state index < -0.39 is 0 Å². The second-order valence-corrected chi connectivity index (χ2v) is 6.52. The number of hydrogen-bond acceptors (Lipinski definition) is 3. The summed E-state index contributed by atoms with van der Waals surface area (Å²) in [5, 5.41) is 2.87. The molecule has 1 N–H and O–H groups in total. The van der Waals surface area contributed by atoms with Crippen LogP contribution in [0, 0.1) is 0 Å². The zero-order chi connectivity index (χ0) is 14.4. The van der Waals surface area contributed by atoms with Gasteiger partial charge < -0.3 is 5.32 Å². The molecule has 0 spiro atoms. The number of anilines is 1. The molecule has 0 aliphatic rings. The van der Waals surface area contributed by atoms with E-state index in [0.717, 1.165) is 15.5 Å². The van der Waals surface area contributed by atoms with E-state index >= 15 is 0 Å². The predicted octanol–water partition coefficient (Wildman–Crippen LogP) is 4.53. The fraction of sp³-hybridized carbons (Fsp3) is 0.188. The summed E-state index contributed by atoms with van der Waals surface area (Å²) in [6.45, 7) is 1.93. The molecule has 0 unspecified atom stereocenters. The second kappa shape index (κ2) is 7.41. The summed E-state index contributed by atoms with van der Waals surface area (Å²) >= 11 is 3.20. The smallest absolute Gasteiger partial charge is 0.237 e. The molecule has 104 valence electrons.